The fraction of sp³-hybridized carbons (Fsp3) is 0.188. The smallest absolute Gasteiger partial charge is 0.193 e. The van der Waals surface area contributed by atoms with Gasteiger partial charge in [-0.15, -0.1) is 0 Å². The Morgan fingerprint density at radius 1 is 1.17 bits per heavy atom. The van der Waals surface area contributed by atoms with Crippen LogP contribution in [-0.4, -0.2) is 5.78 Å². The van der Waals surface area contributed by atoms with Gasteiger partial charge in [-0.05, 0) is 42.7 Å². The molecule has 0 saturated carbocycles. The summed E-state index contributed by atoms with van der Waals surface area (Å²) in [4.78, 5) is 12.4. The number of benzene rings is 2. The minimum atomic E-state index is -0.282. The normalized spacial score (nSPS) is 10.4. The predicted molar refractivity (Wildman–Crippen MR) is 70.4 cm³/mol. The molecule has 0 unspecified atom stereocenters. The number of rotatable bonds is 3. The highest BCUT2D eigenvalue weighted by atomic mass is 19.1. The summed E-state index contributed by atoms with van der Waals surface area (Å²) >= 11 is 0. The summed E-state index contributed by atoms with van der Waals surface area (Å²) < 4.78 is 13.2. The van der Waals surface area contributed by atoms with Crippen LogP contribution < -0.4 is 0 Å². The molecule has 0 fully saturated rings. The fourth-order valence-corrected chi connectivity index (χ4v) is 1.99. The van der Waals surface area contributed by atoms with Crippen molar-refractivity contribution in [3.63, 3.8) is 0 Å². The highest BCUT2D eigenvalue weighted by molar-refractivity contribution is 6.10. The highest BCUT2D eigenvalue weighted by Gasteiger charge is 2.13. The van der Waals surface area contributed by atoms with Gasteiger partial charge in [-0.3, -0.25) is 4.79 Å². The molecule has 0 N–H and O–H groups in total. The van der Waals surface area contributed by atoms with Crippen LogP contribution in [0.3, 0.4) is 0 Å². The number of halogens is 1. The van der Waals surface area contributed by atoms with Gasteiger partial charge < -0.3 is 0 Å². The molecule has 0 radical (unpaired) electrons. The van der Waals surface area contributed by atoms with E-state index in [-0.39, 0.29) is 11.6 Å². The van der Waals surface area contributed by atoms with E-state index in [1.165, 1.54) is 12.1 Å². The number of hydrogen-bond acceptors (Lipinski definition) is 1. The molecule has 0 heterocycles. The maximum atomic E-state index is 13.2. The summed E-state index contributed by atoms with van der Waals surface area (Å²) in [5.74, 6) is -0.328. The van der Waals surface area contributed by atoms with E-state index in [0.29, 0.717) is 16.7 Å². The molecule has 0 amide bonds. The van der Waals surface area contributed by atoms with Crippen LogP contribution in [0.25, 0.3) is 0 Å². The summed E-state index contributed by atoms with van der Waals surface area (Å²) in [6.45, 7) is 3.68. The quantitative estimate of drug-likeness (QED) is 0.745. The molecule has 18 heavy (non-hydrogen) atoms. The van der Waals surface area contributed by atoms with Gasteiger partial charge in [0.15, 0.2) is 5.78 Å². The third kappa shape index (κ3) is 2.33. The zero-order valence-corrected chi connectivity index (χ0v) is 10.5. The summed E-state index contributed by atoms with van der Waals surface area (Å²) in [7, 11) is 0. The lowest BCUT2D eigenvalue weighted by Gasteiger charge is -2.07. The first-order valence-corrected chi connectivity index (χ1v) is 6.02. The Morgan fingerprint density at radius 3 is 2.56 bits per heavy atom. The molecule has 92 valence electrons. The average molecular weight is 242 g/mol. The van der Waals surface area contributed by atoms with Crippen molar-refractivity contribution in [2.75, 3.05) is 0 Å². The van der Waals surface area contributed by atoms with E-state index in [9.17, 15) is 9.18 Å². The van der Waals surface area contributed by atoms with Gasteiger partial charge in [-0.1, -0.05) is 31.2 Å². The lowest BCUT2D eigenvalue weighted by atomic mass is 9.96. The number of hydrogen-bond donors (Lipinski definition) is 0. The van der Waals surface area contributed by atoms with Crippen molar-refractivity contribution in [3.05, 3.63) is 70.5 Å². The Labute approximate surface area is 106 Å². The summed E-state index contributed by atoms with van der Waals surface area (Å²) in [5.41, 5.74) is 2.75. The standard InChI is InChI=1S/C16H15FO/c1-3-12-6-4-5-7-14(12)16(18)13-8-9-15(17)11(2)10-13/h4-10H,3H2,1-2H3. The first kappa shape index (κ1) is 12.5. The first-order chi connectivity index (χ1) is 8.63. The molecule has 2 aromatic carbocycles. The Bertz CT molecular complexity index is 587. The Balaban J connectivity index is 2.44. The third-order valence-corrected chi connectivity index (χ3v) is 3.06. The van der Waals surface area contributed by atoms with Crippen LogP contribution in [0.4, 0.5) is 4.39 Å². The van der Waals surface area contributed by atoms with E-state index in [1.54, 1.807) is 13.0 Å². The van der Waals surface area contributed by atoms with Gasteiger partial charge >= 0.3 is 0 Å². The molecule has 0 aliphatic rings. The van der Waals surface area contributed by atoms with Gasteiger partial charge in [0.25, 0.3) is 0 Å². The van der Waals surface area contributed by atoms with E-state index in [2.05, 4.69) is 0 Å². The van der Waals surface area contributed by atoms with Gasteiger partial charge in [0.1, 0.15) is 5.82 Å². The topological polar surface area (TPSA) is 17.1 Å². The van der Waals surface area contributed by atoms with Crippen LogP contribution in [0.15, 0.2) is 42.5 Å². The van der Waals surface area contributed by atoms with Crippen molar-refractivity contribution in [2.45, 2.75) is 20.3 Å². The number of carbonyl (C=O) groups excluding carboxylic acids is 1. The largest absolute Gasteiger partial charge is 0.289 e. The van der Waals surface area contributed by atoms with E-state index in [4.69, 9.17) is 0 Å². The van der Waals surface area contributed by atoms with Crippen LogP contribution in [-0.2, 0) is 6.42 Å². The highest BCUT2D eigenvalue weighted by Crippen LogP contribution is 2.17. The molecule has 2 rings (SSSR count). The van der Waals surface area contributed by atoms with Crippen molar-refractivity contribution in [1.82, 2.24) is 0 Å². The Morgan fingerprint density at radius 2 is 1.89 bits per heavy atom. The first-order valence-electron chi connectivity index (χ1n) is 6.02. The third-order valence-electron chi connectivity index (χ3n) is 3.06. The van der Waals surface area contributed by atoms with Crippen molar-refractivity contribution in [1.29, 1.82) is 0 Å². The van der Waals surface area contributed by atoms with Crippen molar-refractivity contribution in [3.8, 4) is 0 Å². The lowest BCUT2D eigenvalue weighted by Crippen LogP contribution is -2.05. The summed E-state index contributed by atoms with van der Waals surface area (Å²) in [5, 5.41) is 0. The number of carbonyl (C=O) groups is 1. The Kier molecular flexibility index (Phi) is 3.56. The van der Waals surface area contributed by atoms with Gasteiger partial charge in [-0.2, -0.15) is 0 Å². The summed E-state index contributed by atoms with van der Waals surface area (Å²) in [6, 6.07) is 12.0. The number of ketones is 1. The maximum Gasteiger partial charge on any atom is 0.193 e. The molecule has 0 aromatic heterocycles. The Hall–Kier alpha value is -1.96. The van der Waals surface area contributed by atoms with E-state index < -0.39 is 0 Å². The predicted octanol–water partition coefficient (Wildman–Crippen LogP) is 3.93. The second-order valence-corrected chi connectivity index (χ2v) is 4.30. The van der Waals surface area contributed by atoms with Crippen LogP contribution in [0.5, 0.6) is 0 Å². The van der Waals surface area contributed by atoms with Crippen LogP contribution >= 0.6 is 0 Å². The van der Waals surface area contributed by atoms with Crippen molar-refractivity contribution >= 4 is 5.78 Å². The van der Waals surface area contributed by atoms with Gasteiger partial charge in [0, 0.05) is 11.1 Å². The molecule has 1 nitrogen and oxygen atoms in total. The monoisotopic (exact) mass is 242 g/mol. The molecular weight excluding hydrogens is 227 g/mol. The maximum absolute atomic E-state index is 13.2. The van der Waals surface area contributed by atoms with Crippen LogP contribution in [0.1, 0.15) is 34.0 Å². The van der Waals surface area contributed by atoms with Crippen LogP contribution in [0.2, 0.25) is 0 Å². The number of aryl methyl sites for hydroxylation is 2. The van der Waals surface area contributed by atoms with E-state index in [1.807, 2.05) is 31.2 Å². The molecule has 0 aliphatic heterocycles. The van der Waals surface area contributed by atoms with Crippen LogP contribution in [0, 0.1) is 12.7 Å². The molecule has 0 spiro atoms. The molecule has 0 saturated heterocycles. The van der Waals surface area contributed by atoms with E-state index in [0.717, 1.165) is 12.0 Å². The van der Waals surface area contributed by atoms with Crippen molar-refractivity contribution < 1.29 is 9.18 Å². The second kappa shape index (κ2) is 5.13. The molecule has 0 aliphatic carbocycles. The lowest BCUT2D eigenvalue weighted by molar-refractivity contribution is 0.103. The minimum absolute atomic E-state index is 0.0458. The molecule has 0 bridgehead atoms. The molecular formula is C16H15FO. The zero-order chi connectivity index (χ0) is 13.1. The van der Waals surface area contributed by atoms with Gasteiger partial charge in [0.2, 0.25) is 0 Å². The fourth-order valence-electron chi connectivity index (χ4n) is 1.99. The van der Waals surface area contributed by atoms with Crippen molar-refractivity contribution in [2.24, 2.45) is 0 Å². The summed E-state index contributed by atoms with van der Waals surface area (Å²) in [6.07, 6.45) is 0.808. The minimum Gasteiger partial charge on any atom is -0.289 e. The van der Waals surface area contributed by atoms with Gasteiger partial charge in [-0.25, -0.2) is 4.39 Å². The molecule has 2 aromatic rings. The second-order valence-electron chi connectivity index (χ2n) is 4.30. The molecule has 2 heteroatoms. The molecule has 0 atom stereocenters. The zero-order valence-electron chi connectivity index (χ0n) is 10.5. The SMILES string of the molecule is CCc1ccccc1C(=O)c1ccc(F)c(C)c1. The average Bonchev–Trinajstić information content (AvgIpc) is 2.41. The van der Waals surface area contributed by atoms with Gasteiger partial charge in [0.05, 0.1) is 0 Å². The van der Waals surface area contributed by atoms with E-state index >= 15 is 0 Å².